The molecule has 0 aliphatic rings. The summed E-state index contributed by atoms with van der Waals surface area (Å²) in [5.41, 5.74) is 3.22. The van der Waals surface area contributed by atoms with Gasteiger partial charge < -0.3 is 30.3 Å². The zero-order valence-corrected chi connectivity index (χ0v) is 18.3. The molecule has 1 unspecified atom stereocenters. The summed E-state index contributed by atoms with van der Waals surface area (Å²) < 4.78 is 0. The summed E-state index contributed by atoms with van der Waals surface area (Å²) in [7, 11) is 5.86. The molecule has 1 aromatic carbocycles. The highest BCUT2D eigenvalue weighted by Crippen LogP contribution is 2.15. The highest BCUT2D eigenvalue weighted by atomic mass is 16.3. The molecule has 10 nitrogen and oxygen atoms in total. The van der Waals surface area contributed by atoms with Crippen molar-refractivity contribution >= 4 is 30.0 Å². The smallest absolute Gasteiger partial charge is 0.317 e. The van der Waals surface area contributed by atoms with Gasteiger partial charge in [0, 0.05) is 32.6 Å². The molecule has 168 valence electrons. The normalized spacial score (nSPS) is 10.9. The van der Waals surface area contributed by atoms with Crippen LogP contribution in [0.4, 0.5) is 4.79 Å². The maximum absolute atomic E-state index is 12.3. The first-order valence-corrected chi connectivity index (χ1v) is 9.50. The first-order chi connectivity index (χ1) is 14.2. The summed E-state index contributed by atoms with van der Waals surface area (Å²) >= 11 is 0. The van der Waals surface area contributed by atoms with E-state index in [9.17, 15) is 4.79 Å². The molecule has 0 bridgehead atoms. The topological polar surface area (TPSA) is 139 Å². The average Bonchev–Trinajstić information content (AvgIpc) is 3.11. The lowest BCUT2D eigenvalue weighted by molar-refractivity contribution is -0.123. The van der Waals surface area contributed by atoms with Gasteiger partial charge >= 0.3 is 6.03 Å². The van der Waals surface area contributed by atoms with Gasteiger partial charge in [0.15, 0.2) is 0 Å². The van der Waals surface area contributed by atoms with Crippen LogP contribution >= 0.6 is 0 Å². The fourth-order valence-electron chi connectivity index (χ4n) is 2.72. The zero-order chi connectivity index (χ0) is 23.1. The van der Waals surface area contributed by atoms with Crippen LogP contribution in [0.1, 0.15) is 24.7 Å². The number of fused-ring (bicyclic) bond motifs is 1. The van der Waals surface area contributed by atoms with Crippen LogP contribution in [0, 0.1) is 6.92 Å². The van der Waals surface area contributed by atoms with E-state index in [2.05, 4.69) is 40.1 Å². The predicted octanol–water partition coefficient (Wildman–Crippen LogP) is 1.80. The number of amides is 2. The highest BCUT2D eigenvalue weighted by Gasteiger charge is 2.15. The Balaban J connectivity index is 0.00000125. The molecule has 10 heteroatoms. The van der Waals surface area contributed by atoms with Gasteiger partial charge in [0.25, 0.3) is 12.9 Å². The molecule has 0 aliphatic heterocycles. The Labute approximate surface area is 176 Å². The van der Waals surface area contributed by atoms with E-state index in [0.717, 1.165) is 35.4 Å². The van der Waals surface area contributed by atoms with E-state index < -0.39 is 0 Å². The van der Waals surface area contributed by atoms with Gasteiger partial charge in [-0.05, 0) is 39.1 Å². The lowest BCUT2D eigenvalue weighted by Gasteiger charge is -2.24. The molecule has 0 radical (unpaired) electrons. The van der Waals surface area contributed by atoms with Crippen molar-refractivity contribution in [3.63, 3.8) is 0 Å². The van der Waals surface area contributed by atoms with Crippen LogP contribution in [-0.4, -0.2) is 89.2 Å². The minimum atomic E-state index is -0.250. The number of nitrogens with one attached hydrogen (secondary N) is 2. The molecule has 1 atom stereocenters. The fraction of sp³-hybridized carbons (Fsp3) is 0.500. The zero-order valence-electron chi connectivity index (χ0n) is 18.3. The molecular formula is C20H33N5O5. The number of carboxylic acid groups (broad SMARTS) is 2. The number of nitrogens with zero attached hydrogens (tertiary/aromatic N) is 3. The van der Waals surface area contributed by atoms with Gasteiger partial charge in [-0.15, -0.1) is 0 Å². The number of urea groups is 1. The molecule has 0 saturated carbocycles. The Hall–Kier alpha value is -3.14. The van der Waals surface area contributed by atoms with Crippen molar-refractivity contribution in [2.45, 2.75) is 32.7 Å². The third-order valence-corrected chi connectivity index (χ3v) is 4.20. The number of imidazole rings is 1. The molecule has 1 heterocycles. The van der Waals surface area contributed by atoms with E-state index >= 15 is 0 Å². The minimum Gasteiger partial charge on any atom is -0.483 e. The summed E-state index contributed by atoms with van der Waals surface area (Å²) in [4.78, 5) is 40.8. The monoisotopic (exact) mass is 423 g/mol. The molecule has 2 aromatic rings. The second kappa shape index (κ2) is 14.8. The fourth-order valence-corrected chi connectivity index (χ4v) is 2.72. The second-order valence-electron chi connectivity index (χ2n) is 6.85. The van der Waals surface area contributed by atoms with E-state index in [1.807, 2.05) is 33.3 Å². The van der Waals surface area contributed by atoms with Crippen LogP contribution in [0.15, 0.2) is 18.2 Å². The minimum absolute atomic E-state index is 0.0315. The highest BCUT2D eigenvalue weighted by molar-refractivity contribution is 5.78. The lowest BCUT2D eigenvalue weighted by atomic mass is 10.2. The first kappa shape index (κ1) is 26.9. The summed E-state index contributed by atoms with van der Waals surface area (Å²) in [5.74, 6) is 0.916. The molecule has 30 heavy (non-hydrogen) atoms. The average molecular weight is 424 g/mol. The van der Waals surface area contributed by atoms with Crippen molar-refractivity contribution in [1.82, 2.24) is 25.1 Å². The molecule has 0 fully saturated rings. The summed E-state index contributed by atoms with van der Waals surface area (Å²) in [6.07, 6.45) is 1.63. The lowest BCUT2D eigenvalue weighted by Crippen LogP contribution is -2.47. The molecular weight excluding hydrogens is 390 g/mol. The molecule has 0 aliphatic carbocycles. The number of rotatable bonds is 7. The molecule has 0 spiro atoms. The number of aryl methyl sites for hydroxylation is 1. The quantitative estimate of drug-likeness (QED) is 0.498. The largest absolute Gasteiger partial charge is 0.483 e. The maximum atomic E-state index is 12.3. The second-order valence-corrected chi connectivity index (χ2v) is 6.85. The standard InChI is InChI=1S/C18H29N5O.2CH2O2/c1-6-14(12-22(3)4)19-18(24)23(5)11-10-16-20-15-9-7-8-13(2)17(15)21-16;2*2-1-3/h7-9,14H,6,10-12H2,1-5H3,(H,19,24)(H,20,21);2*1H,(H,2,3). The number of para-hydroxylation sites is 1. The van der Waals surface area contributed by atoms with Crippen LogP contribution < -0.4 is 5.32 Å². The molecule has 4 N–H and O–H groups in total. The number of carbonyl (C=O) groups is 3. The van der Waals surface area contributed by atoms with E-state index in [1.165, 1.54) is 0 Å². The van der Waals surface area contributed by atoms with Crippen LogP contribution in [-0.2, 0) is 16.0 Å². The van der Waals surface area contributed by atoms with Crippen molar-refractivity contribution in [2.75, 3.05) is 34.2 Å². The number of aromatic amines is 1. The van der Waals surface area contributed by atoms with Crippen molar-refractivity contribution in [3.05, 3.63) is 29.6 Å². The van der Waals surface area contributed by atoms with Gasteiger partial charge in [-0.2, -0.15) is 0 Å². The molecule has 1 aromatic heterocycles. The number of aromatic nitrogens is 2. The van der Waals surface area contributed by atoms with E-state index in [0.29, 0.717) is 13.0 Å². The Morgan fingerprint density at radius 1 is 1.23 bits per heavy atom. The number of hydrogen-bond acceptors (Lipinski definition) is 5. The van der Waals surface area contributed by atoms with Crippen LogP contribution in [0.2, 0.25) is 0 Å². The van der Waals surface area contributed by atoms with E-state index in [4.69, 9.17) is 19.8 Å². The third-order valence-electron chi connectivity index (χ3n) is 4.20. The molecule has 2 rings (SSSR count). The van der Waals surface area contributed by atoms with Gasteiger partial charge in [-0.1, -0.05) is 19.1 Å². The third kappa shape index (κ3) is 9.87. The van der Waals surface area contributed by atoms with Crippen LogP contribution in [0.3, 0.4) is 0 Å². The van der Waals surface area contributed by atoms with E-state index in [-0.39, 0.29) is 25.0 Å². The number of hydrogen-bond donors (Lipinski definition) is 4. The Morgan fingerprint density at radius 2 is 1.83 bits per heavy atom. The first-order valence-electron chi connectivity index (χ1n) is 9.50. The number of carbonyl (C=O) groups excluding carboxylic acids is 1. The predicted molar refractivity (Wildman–Crippen MR) is 116 cm³/mol. The maximum Gasteiger partial charge on any atom is 0.317 e. The van der Waals surface area contributed by atoms with E-state index in [1.54, 1.807) is 4.90 Å². The summed E-state index contributed by atoms with van der Waals surface area (Å²) in [6, 6.07) is 6.25. The molecule has 2 amide bonds. The van der Waals surface area contributed by atoms with Gasteiger partial charge in [0.05, 0.1) is 11.0 Å². The summed E-state index contributed by atoms with van der Waals surface area (Å²) in [6.45, 7) is 5.12. The molecule has 0 saturated heterocycles. The van der Waals surface area contributed by atoms with Crippen molar-refractivity contribution in [2.24, 2.45) is 0 Å². The van der Waals surface area contributed by atoms with Crippen molar-refractivity contribution in [1.29, 1.82) is 0 Å². The SMILES string of the molecule is CCC(CN(C)C)NC(=O)N(C)CCc1nc2c(C)cccc2[nH]1.O=CO.O=CO. The van der Waals surface area contributed by atoms with Gasteiger partial charge in [-0.3, -0.25) is 9.59 Å². The van der Waals surface area contributed by atoms with Crippen LogP contribution in [0.25, 0.3) is 11.0 Å². The van der Waals surface area contributed by atoms with Gasteiger partial charge in [0.2, 0.25) is 0 Å². The number of H-pyrrole nitrogens is 1. The Morgan fingerprint density at radius 3 is 2.33 bits per heavy atom. The summed E-state index contributed by atoms with van der Waals surface area (Å²) in [5, 5.41) is 16.9. The van der Waals surface area contributed by atoms with Gasteiger partial charge in [-0.25, -0.2) is 9.78 Å². The van der Waals surface area contributed by atoms with Crippen molar-refractivity contribution in [3.8, 4) is 0 Å². The Bertz CT molecular complexity index is 772. The van der Waals surface area contributed by atoms with Crippen molar-refractivity contribution < 1.29 is 24.6 Å². The number of benzene rings is 1. The van der Waals surface area contributed by atoms with Crippen LogP contribution in [0.5, 0.6) is 0 Å². The Kier molecular flexibility index (Phi) is 13.3. The number of likely N-dealkylation sites (N-methyl/N-ethyl adjacent to an activating group) is 2. The van der Waals surface area contributed by atoms with Gasteiger partial charge in [0.1, 0.15) is 5.82 Å².